The maximum Gasteiger partial charge on any atom is 0.327 e. The number of imidazole rings is 1. The van der Waals surface area contributed by atoms with Gasteiger partial charge in [-0.15, -0.1) is 0 Å². The Morgan fingerprint density at radius 2 is 1.64 bits per heavy atom. The third-order valence-corrected chi connectivity index (χ3v) is 4.33. The maximum absolute atomic E-state index is 12.4. The summed E-state index contributed by atoms with van der Waals surface area (Å²) in [6, 6.07) is 14.1. The predicted octanol–water partition coefficient (Wildman–Crippen LogP) is 3.38. The van der Waals surface area contributed by atoms with Gasteiger partial charge in [-0.2, -0.15) is 0 Å². The van der Waals surface area contributed by atoms with Crippen LogP contribution in [0.5, 0.6) is 0 Å². The second-order valence-corrected chi connectivity index (χ2v) is 6.18. The van der Waals surface area contributed by atoms with Crippen molar-refractivity contribution >= 4 is 34.4 Å². The summed E-state index contributed by atoms with van der Waals surface area (Å²) < 4.78 is 1.64. The number of nitrogens with one attached hydrogen (secondary N) is 2. The van der Waals surface area contributed by atoms with Crippen LogP contribution >= 0.6 is 23.2 Å². The first-order chi connectivity index (χ1) is 12.0. The van der Waals surface area contributed by atoms with E-state index < -0.39 is 11.2 Å². The molecule has 124 valence electrons. The van der Waals surface area contributed by atoms with Gasteiger partial charge in [-0.25, -0.2) is 9.78 Å². The van der Waals surface area contributed by atoms with Crippen LogP contribution in [0.25, 0.3) is 28.2 Å². The van der Waals surface area contributed by atoms with Gasteiger partial charge in [0.05, 0.1) is 5.02 Å². The summed E-state index contributed by atoms with van der Waals surface area (Å²) in [5.74, 6) is 0.440. The van der Waals surface area contributed by atoms with Crippen molar-refractivity contribution in [3.63, 3.8) is 0 Å². The van der Waals surface area contributed by atoms with Crippen LogP contribution in [0.1, 0.15) is 0 Å². The predicted molar refractivity (Wildman–Crippen MR) is 97.8 cm³/mol. The SMILES string of the molecule is O=c1[nH]c(=O)c2c(nc(-c3ccccc3Cl)n2-c2ccc(Cl)cc2)[nH]1. The van der Waals surface area contributed by atoms with Crippen LogP contribution in [0.3, 0.4) is 0 Å². The lowest BCUT2D eigenvalue weighted by molar-refractivity contribution is 1.05. The Morgan fingerprint density at radius 3 is 2.36 bits per heavy atom. The lowest BCUT2D eigenvalue weighted by atomic mass is 10.2. The molecule has 2 aromatic heterocycles. The van der Waals surface area contributed by atoms with E-state index in [9.17, 15) is 9.59 Å². The van der Waals surface area contributed by atoms with Gasteiger partial charge in [0.25, 0.3) is 5.56 Å². The molecule has 0 aliphatic heterocycles. The summed E-state index contributed by atoms with van der Waals surface area (Å²) in [5.41, 5.74) is 0.536. The molecule has 6 nitrogen and oxygen atoms in total. The molecule has 0 unspecified atom stereocenters. The molecule has 0 amide bonds. The summed E-state index contributed by atoms with van der Waals surface area (Å²) in [6.07, 6.45) is 0. The van der Waals surface area contributed by atoms with Crippen LogP contribution in [-0.2, 0) is 0 Å². The van der Waals surface area contributed by atoms with Crippen molar-refractivity contribution in [2.75, 3.05) is 0 Å². The zero-order valence-electron chi connectivity index (χ0n) is 12.6. The smallest absolute Gasteiger partial charge is 0.290 e. The molecule has 2 aromatic carbocycles. The van der Waals surface area contributed by atoms with Crippen molar-refractivity contribution in [3.8, 4) is 17.1 Å². The minimum Gasteiger partial charge on any atom is -0.290 e. The van der Waals surface area contributed by atoms with Crippen molar-refractivity contribution in [2.24, 2.45) is 0 Å². The topological polar surface area (TPSA) is 83.5 Å². The molecule has 0 spiro atoms. The van der Waals surface area contributed by atoms with Crippen LogP contribution in [-0.4, -0.2) is 19.5 Å². The van der Waals surface area contributed by atoms with E-state index in [1.807, 2.05) is 6.07 Å². The molecule has 0 atom stereocenters. The number of nitrogens with zero attached hydrogens (tertiary/aromatic N) is 2. The Labute approximate surface area is 150 Å². The van der Waals surface area contributed by atoms with Gasteiger partial charge in [-0.1, -0.05) is 35.3 Å². The highest BCUT2D eigenvalue weighted by Gasteiger charge is 2.19. The highest BCUT2D eigenvalue weighted by Crippen LogP contribution is 2.31. The van der Waals surface area contributed by atoms with Gasteiger partial charge in [0.15, 0.2) is 11.2 Å². The average Bonchev–Trinajstić information content (AvgIpc) is 2.95. The van der Waals surface area contributed by atoms with Crippen LogP contribution in [0, 0.1) is 0 Å². The summed E-state index contributed by atoms with van der Waals surface area (Å²) in [7, 11) is 0. The van der Waals surface area contributed by atoms with Gasteiger partial charge >= 0.3 is 5.69 Å². The van der Waals surface area contributed by atoms with Crippen molar-refractivity contribution in [1.82, 2.24) is 19.5 Å². The Balaban J connectivity index is 2.16. The molecule has 0 fully saturated rings. The number of aromatic amines is 2. The fraction of sp³-hybridized carbons (Fsp3) is 0. The first kappa shape index (κ1) is 15.7. The lowest BCUT2D eigenvalue weighted by Gasteiger charge is -2.10. The van der Waals surface area contributed by atoms with Crippen molar-refractivity contribution in [2.45, 2.75) is 0 Å². The molecule has 8 heteroatoms. The van der Waals surface area contributed by atoms with E-state index in [4.69, 9.17) is 23.2 Å². The quantitative estimate of drug-likeness (QED) is 0.565. The number of hydrogen-bond donors (Lipinski definition) is 2. The van der Waals surface area contributed by atoms with Crippen LogP contribution in [0.4, 0.5) is 0 Å². The van der Waals surface area contributed by atoms with Gasteiger partial charge in [0.1, 0.15) is 5.82 Å². The number of H-pyrrole nitrogens is 2. The highest BCUT2D eigenvalue weighted by atomic mass is 35.5. The number of hydrogen-bond acceptors (Lipinski definition) is 3. The molecule has 0 aliphatic rings. The van der Waals surface area contributed by atoms with Crippen molar-refractivity contribution in [3.05, 3.63) is 79.4 Å². The van der Waals surface area contributed by atoms with Gasteiger partial charge in [-0.3, -0.25) is 19.3 Å². The monoisotopic (exact) mass is 372 g/mol. The molecule has 25 heavy (non-hydrogen) atoms. The fourth-order valence-electron chi connectivity index (χ4n) is 2.68. The molecular formula is C17H10Cl2N4O2. The molecule has 0 aliphatic carbocycles. The van der Waals surface area contributed by atoms with E-state index in [1.165, 1.54) is 0 Å². The summed E-state index contributed by atoms with van der Waals surface area (Å²) in [4.78, 5) is 33.2. The second kappa shape index (κ2) is 5.91. The molecule has 0 saturated carbocycles. The molecule has 2 heterocycles. The van der Waals surface area contributed by atoms with E-state index >= 15 is 0 Å². The number of benzene rings is 2. The average molecular weight is 373 g/mol. The van der Waals surface area contributed by atoms with Crippen LogP contribution in [0.2, 0.25) is 10.0 Å². The van der Waals surface area contributed by atoms with E-state index in [0.717, 1.165) is 0 Å². The molecule has 0 saturated heterocycles. The molecule has 2 N–H and O–H groups in total. The third kappa shape index (κ3) is 2.65. The lowest BCUT2D eigenvalue weighted by Crippen LogP contribution is -2.23. The Hall–Kier alpha value is -2.83. The standard InChI is InChI=1S/C17H10Cl2N4O2/c18-9-5-7-10(8-6-9)23-13-14(21-17(25)22-16(13)24)20-15(23)11-3-1-2-4-12(11)19/h1-8H,(H2,21,22,24,25). The number of fused-ring (bicyclic) bond motifs is 1. The highest BCUT2D eigenvalue weighted by molar-refractivity contribution is 6.33. The van der Waals surface area contributed by atoms with Crippen LogP contribution < -0.4 is 11.2 Å². The van der Waals surface area contributed by atoms with E-state index in [0.29, 0.717) is 27.1 Å². The fourth-order valence-corrected chi connectivity index (χ4v) is 3.03. The van der Waals surface area contributed by atoms with E-state index in [-0.39, 0.29) is 11.2 Å². The first-order valence-electron chi connectivity index (χ1n) is 7.30. The number of rotatable bonds is 2. The van der Waals surface area contributed by atoms with Gasteiger partial charge < -0.3 is 0 Å². The minimum atomic E-state index is -0.621. The van der Waals surface area contributed by atoms with Crippen LogP contribution in [0.15, 0.2) is 58.1 Å². The Kier molecular flexibility index (Phi) is 3.71. The molecule has 4 aromatic rings. The Bertz CT molecular complexity index is 1210. The Morgan fingerprint density at radius 1 is 0.920 bits per heavy atom. The van der Waals surface area contributed by atoms with Gasteiger partial charge in [0.2, 0.25) is 0 Å². The molecular weight excluding hydrogens is 363 g/mol. The number of halogens is 2. The summed E-state index contributed by atoms with van der Waals surface area (Å²) in [5, 5.41) is 1.04. The zero-order valence-corrected chi connectivity index (χ0v) is 14.1. The maximum atomic E-state index is 12.4. The normalized spacial score (nSPS) is 11.1. The van der Waals surface area contributed by atoms with Crippen molar-refractivity contribution in [1.29, 1.82) is 0 Å². The summed E-state index contributed by atoms with van der Waals surface area (Å²) >= 11 is 12.3. The van der Waals surface area contributed by atoms with Gasteiger partial charge in [-0.05, 0) is 36.4 Å². The largest absolute Gasteiger partial charge is 0.327 e. The van der Waals surface area contributed by atoms with Gasteiger partial charge in [0, 0.05) is 16.3 Å². The molecule has 0 bridgehead atoms. The van der Waals surface area contributed by atoms with E-state index in [2.05, 4.69) is 15.0 Å². The van der Waals surface area contributed by atoms with Crippen molar-refractivity contribution < 1.29 is 0 Å². The second-order valence-electron chi connectivity index (χ2n) is 5.33. The first-order valence-corrected chi connectivity index (χ1v) is 8.06. The molecule has 4 rings (SSSR count). The minimum absolute atomic E-state index is 0.179. The van der Waals surface area contributed by atoms with E-state index in [1.54, 1.807) is 47.0 Å². The summed E-state index contributed by atoms with van der Waals surface area (Å²) in [6.45, 7) is 0. The molecule has 0 radical (unpaired) electrons. The zero-order chi connectivity index (χ0) is 17.6. The number of aromatic nitrogens is 4. The third-order valence-electron chi connectivity index (χ3n) is 3.75.